The second kappa shape index (κ2) is 10.4. The maximum Gasteiger partial charge on any atom is 0.251 e. The van der Waals surface area contributed by atoms with Crippen molar-refractivity contribution in [1.82, 2.24) is 9.80 Å². The van der Waals surface area contributed by atoms with Gasteiger partial charge >= 0.3 is 0 Å². The highest BCUT2D eigenvalue weighted by molar-refractivity contribution is 6.22. The van der Waals surface area contributed by atoms with Gasteiger partial charge in [-0.25, -0.2) is 4.90 Å². The second-order valence-electron chi connectivity index (χ2n) is 9.01. The lowest BCUT2D eigenvalue weighted by Gasteiger charge is -2.41. The van der Waals surface area contributed by atoms with Crippen LogP contribution in [0, 0.1) is 0 Å². The van der Waals surface area contributed by atoms with E-state index in [1.165, 1.54) is 16.0 Å². The topological polar surface area (TPSA) is 53.1 Å². The zero-order chi connectivity index (χ0) is 24.2. The second-order valence-corrected chi connectivity index (χ2v) is 9.01. The summed E-state index contributed by atoms with van der Waals surface area (Å²) in [5, 5.41) is 0. The highest BCUT2D eigenvalue weighted by Gasteiger charge is 2.43. The van der Waals surface area contributed by atoms with E-state index in [1.54, 1.807) is 24.3 Å². The summed E-state index contributed by atoms with van der Waals surface area (Å²) in [6.07, 6.45) is 0.229. The summed E-state index contributed by atoms with van der Waals surface area (Å²) in [4.78, 5) is 32.1. The van der Waals surface area contributed by atoms with Gasteiger partial charge in [-0.15, -0.1) is 0 Å². The molecule has 2 aliphatic rings. The minimum Gasteiger partial charge on any atom is -0.494 e. The largest absolute Gasteiger partial charge is 0.494 e. The van der Waals surface area contributed by atoms with Crippen LogP contribution in [-0.2, 0) is 9.59 Å². The van der Waals surface area contributed by atoms with Gasteiger partial charge < -0.3 is 4.74 Å². The molecule has 0 aliphatic carbocycles. The normalized spacial score (nSPS) is 19.5. The lowest BCUT2D eigenvalue weighted by atomic mass is 9.96. The quantitative estimate of drug-likeness (QED) is 0.487. The van der Waals surface area contributed by atoms with E-state index in [1.807, 2.05) is 19.1 Å². The number of nitrogens with zero attached hydrogens (tertiary/aromatic N) is 3. The molecular formula is C29H31N3O3. The number of hydrogen-bond acceptors (Lipinski definition) is 5. The molecule has 180 valence electrons. The Hall–Kier alpha value is -3.48. The number of carbonyl (C=O) groups is 2. The number of hydrogen-bond donors (Lipinski definition) is 0. The van der Waals surface area contributed by atoms with E-state index in [4.69, 9.17) is 4.74 Å². The molecule has 2 aliphatic heterocycles. The molecule has 0 radical (unpaired) electrons. The fraction of sp³-hybridized carbons (Fsp3) is 0.310. The van der Waals surface area contributed by atoms with Gasteiger partial charge in [0.15, 0.2) is 0 Å². The van der Waals surface area contributed by atoms with Crippen molar-refractivity contribution in [3.63, 3.8) is 0 Å². The average Bonchev–Trinajstić information content (AvgIpc) is 3.20. The van der Waals surface area contributed by atoms with Gasteiger partial charge in [-0.05, 0) is 42.3 Å². The molecule has 6 nitrogen and oxygen atoms in total. The fourth-order valence-electron chi connectivity index (χ4n) is 5.22. The summed E-state index contributed by atoms with van der Waals surface area (Å²) in [6.45, 7) is 5.65. The van der Waals surface area contributed by atoms with Gasteiger partial charge in [-0.3, -0.25) is 19.4 Å². The van der Waals surface area contributed by atoms with E-state index in [2.05, 4.69) is 58.3 Å². The van der Waals surface area contributed by atoms with Gasteiger partial charge in [0.2, 0.25) is 5.91 Å². The molecule has 2 amide bonds. The van der Waals surface area contributed by atoms with Crippen molar-refractivity contribution in [1.29, 1.82) is 0 Å². The van der Waals surface area contributed by atoms with Gasteiger partial charge in [0.25, 0.3) is 5.91 Å². The number of carbonyl (C=O) groups excluding carboxylic acids is 2. The summed E-state index contributed by atoms with van der Waals surface area (Å²) in [6, 6.07) is 28.1. The lowest BCUT2D eigenvalue weighted by Crippen LogP contribution is -2.53. The van der Waals surface area contributed by atoms with E-state index >= 15 is 0 Å². The highest BCUT2D eigenvalue weighted by atomic mass is 16.5. The first-order valence-electron chi connectivity index (χ1n) is 12.3. The summed E-state index contributed by atoms with van der Waals surface area (Å²) in [5.74, 6) is 0.461. The molecule has 1 atom stereocenters. The van der Waals surface area contributed by atoms with Crippen LogP contribution in [0.4, 0.5) is 5.69 Å². The third-order valence-corrected chi connectivity index (χ3v) is 6.91. The van der Waals surface area contributed by atoms with E-state index in [0.29, 0.717) is 12.3 Å². The van der Waals surface area contributed by atoms with Crippen molar-refractivity contribution < 1.29 is 14.3 Å². The van der Waals surface area contributed by atoms with Crippen molar-refractivity contribution in [3.8, 4) is 5.75 Å². The molecule has 0 spiro atoms. The number of piperazine rings is 1. The molecule has 3 aromatic rings. The Kier molecular flexibility index (Phi) is 6.93. The van der Waals surface area contributed by atoms with Crippen LogP contribution in [0.5, 0.6) is 5.75 Å². The zero-order valence-electron chi connectivity index (χ0n) is 20.0. The van der Waals surface area contributed by atoms with Crippen LogP contribution in [0.25, 0.3) is 0 Å². The number of rotatable bonds is 7. The Morgan fingerprint density at radius 3 is 1.91 bits per heavy atom. The number of anilines is 1. The van der Waals surface area contributed by atoms with Gasteiger partial charge in [-0.2, -0.15) is 0 Å². The molecule has 2 saturated heterocycles. The Morgan fingerprint density at radius 1 is 0.800 bits per heavy atom. The molecule has 0 saturated carbocycles. The average molecular weight is 470 g/mol. The zero-order valence-corrected chi connectivity index (χ0v) is 20.0. The van der Waals surface area contributed by atoms with Gasteiger partial charge in [0.05, 0.1) is 30.8 Å². The standard InChI is InChI=1S/C29H31N3O3/c1-2-35-25-15-13-24(14-16-25)32-27(33)21-26(29(32)34)30-17-19-31(20-18-30)28(22-9-5-3-6-10-22)23-11-7-4-8-12-23/h3-16,26,28H,2,17-21H2,1H3/t26-/m0/s1. The molecule has 2 heterocycles. The molecule has 35 heavy (non-hydrogen) atoms. The Labute approximate surface area is 206 Å². The summed E-state index contributed by atoms with van der Waals surface area (Å²) >= 11 is 0. The van der Waals surface area contributed by atoms with E-state index < -0.39 is 6.04 Å². The van der Waals surface area contributed by atoms with Crippen LogP contribution < -0.4 is 9.64 Å². The SMILES string of the molecule is CCOc1ccc(N2C(=O)C[C@H](N3CCN(C(c4ccccc4)c4ccccc4)CC3)C2=O)cc1. The number of amides is 2. The van der Waals surface area contributed by atoms with Crippen LogP contribution in [0.3, 0.4) is 0 Å². The smallest absolute Gasteiger partial charge is 0.251 e. The first kappa shape index (κ1) is 23.3. The molecule has 0 N–H and O–H groups in total. The van der Waals surface area contributed by atoms with E-state index in [9.17, 15) is 9.59 Å². The molecule has 2 fully saturated rings. The molecule has 5 rings (SSSR count). The van der Waals surface area contributed by atoms with Crippen molar-refractivity contribution in [2.75, 3.05) is 37.7 Å². The fourth-order valence-corrected chi connectivity index (χ4v) is 5.22. The minimum absolute atomic E-state index is 0.129. The predicted molar refractivity (Wildman–Crippen MR) is 136 cm³/mol. The molecule has 3 aromatic carbocycles. The summed E-state index contributed by atoms with van der Waals surface area (Å²) < 4.78 is 5.49. The summed E-state index contributed by atoms with van der Waals surface area (Å²) in [5.41, 5.74) is 3.14. The van der Waals surface area contributed by atoms with Crippen LogP contribution in [-0.4, -0.2) is 60.4 Å². The maximum atomic E-state index is 13.3. The Morgan fingerprint density at radius 2 is 1.37 bits per heavy atom. The number of benzene rings is 3. The lowest BCUT2D eigenvalue weighted by molar-refractivity contribution is -0.123. The van der Waals surface area contributed by atoms with Crippen molar-refractivity contribution in [2.24, 2.45) is 0 Å². The monoisotopic (exact) mass is 469 g/mol. The van der Waals surface area contributed by atoms with Crippen LogP contribution in [0.2, 0.25) is 0 Å². The van der Waals surface area contributed by atoms with Crippen molar-refractivity contribution in [3.05, 3.63) is 96.1 Å². The Bertz CT molecular complexity index is 1100. The highest BCUT2D eigenvalue weighted by Crippen LogP contribution is 2.32. The van der Waals surface area contributed by atoms with E-state index in [0.717, 1.165) is 31.9 Å². The Balaban J connectivity index is 1.28. The minimum atomic E-state index is -0.400. The predicted octanol–water partition coefficient (Wildman–Crippen LogP) is 4.12. The molecular weight excluding hydrogens is 438 g/mol. The molecule has 0 bridgehead atoms. The van der Waals surface area contributed by atoms with Crippen molar-refractivity contribution >= 4 is 17.5 Å². The van der Waals surface area contributed by atoms with Crippen LogP contribution in [0.1, 0.15) is 30.5 Å². The third-order valence-electron chi connectivity index (χ3n) is 6.91. The first-order valence-corrected chi connectivity index (χ1v) is 12.3. The van der Waals surface area contributed by atoms with Gasteiger partial charge in [0.1, 0.15) is 5.75 Å². The number of imide groups is 1. The van der Waals surface area contributed by atoms with E-state index in [-0.39, 0.29) is 24.3 Å². The van der Waals surface area contributed by atoms with Crippen LogP contribution in [0.15, 0.2) is 84.9 Å². The number of ether oxygens (including phenoxy) is 1. The molecule has 0 unspecified atom stereocenters. The summed E-state index contributed by atoms with van der Waals surface area (Å²) in [7, 11) is 0. The maximum absolute atomic E-state index is 13.3. The van der Waals surface area contributed by atoms with Gasteiger partial charge in [-0.1, -0.05) is 60.7 Å². The third kappa shape index (κ3) is 4.85. The van der Waals surface area contributed by atoms with Gasteiger partial charge in [0, 0.05) is 26.2 Å². The molecule has 6 heteroatoms. The molecule has 0 aromatic heterocycles. The van der Waals surface area contributed by atoms with Crippen LogP contribution >= 0.6 is 0 Å². The van der Waals surface area contributed by atoms with Crippen molar-refractivity contribution in [2.45, 2.75) is 25.4 Å². The first-order chi connectivity index (χ1) is 17.2.